The third-order valence-corrected chi connectivity index (χ3v) is 6.13. The first-order valence-corrected chi connectivity index (χ1v) is 11.2. The number of anilines is 2. The highest BCUT2D eigenvalue weighted by Gasteiger charge is 2.21. The first kappa shape index (κ1) is 22.1. The molecule has 0 radical (unpaired) electrons. The van der Waals surface area contributed by atoms with Crippen molar-refractivity contribution in [2.45, 2.75) is 26.5 Å². The van der Waals surface area contributed by atoms with Crippen LogP contribution in [0, 0.1) is 17.7 Å². The smallest absolute Gasteiger partial charge is 0.226 e. The first-order chi connectivity index (χ1) is 16.4. The van der Waals surface area contributed by atoms with Crippen LogP contribution in [0.2, 0.25) is 0 Å². The maximum atomic E-state index is 14.4. The second-order valence-corrected chi connectivity index (χ2v) is 8.34. The predicted molar refractivity (Wildman–Crippen MR) is 127 cm³/mol. The van der Waals surface area contributed by atoms with Crippen LogP contribution < -0.4 is 10.6 Å². The Morgan fingerprint density at radius 2 is 1.94 bits per heavy atom. The topological polar surface area (TPSA) is 114 Å². The summed E-state index contributed by atoms with van der Waals surface area (Å²) in [5, 5.41) is 19.4. The van der Waals surface area contributed by atoms with Gasteiger partial charge in [-0.3, -0.25) is 4.90 Å². The molecule has 0 saturated carbocycles. The van der Waals surface area contributed by atoms with E-state index < -0.39 is 6.10 Å². The quantitative estimate of drug-likeness (QED) is 0.428. The van der Waals surface area contributed by atoms with Gasteiger partial charge in [0.1, 0.15) is 5.82 Å². The molecule has 11 heteroatoms. The first-order valence-electron chi connectivity index (χ1n) is 11.2. The number of hydrogen-bond donors (Lipinski definition) is 2. The SMILES string of the molecule is CC#Cc1nc2c3cnn(CCN4CCN(c5cc([C@H](C)O)ccc5F)CC4)c3nc(N)n2n1. The lowest BCUT2D eigenvalue weighted by Gasteiger charge is -2.36. The van der Waals surface area contributed by atoms with Crippen LogP contribution >= 0.6 is 0 Å². The van der Waals surface area contributed by atoms with E-state index >= 15 is 0 Å². The van der Waals surface area contributed by atoms with Crippen molar-refractivity contribution in [3.8, 4) is 11.8 Å². The van der Waals surface area contributed by atoms with E-state index in [1.165, 1.54) is 10.6 Å². The Hall–Kier alpha value is -3.75. The van der Waals surface area contributed by atoms with E-state index in [0.717, 1.165) is 25.0 Å². The summed E-state index contributed by atoms with van der Waals surface area (Å²) in [6.45, 7) is 7.80. The van der Waals surface area contributed by atoms with Gasteiger partial charge in [-0.05, 0) is 37.5 Å². The molecule has 1 aliphatic heterocycles. The number of benzene rings is 1. The van der Waals surface area contributed by atoms with Gasteiger partial charge in [0, 0.05) is 32.7 Å². The van der Waals surface area contributed by atoms with Crippen LogP contribution in [0.4, 0.5) is 16.0 Å². The molecule has 1 aromatic carbocycles. The van der Waals surface area contributed by atoms with Gasteiger partial charge < -0.3 is 15.7 Å². The minimum absolute atomic E-state index is 0.232. The second-order valence-electron chi connectivity index (χ2n) is 8.34. The Labute approximate surface area is 195 Å². The number of nitrogens with zero attached hydrogens (tertiary/aromatic N) is 8. The summed E-state index contributed by atoms with van der Waals surface area (Å²) in [7, 11) is 0. The molecule has 0 amide bonds. The Balaban J connectivity index is 1.27. The Kier molecular flexibility index (Phi) is 5.77. The zero-order valence-corrected chi connectivity index (χ0v) is 19.1. The van der Waals surface area contributed by atoms with Crippen molar-refractivity contribution in [3.05, 3.63) is 41.6 Å². The fraction of sp³-hybridized carbons (Fsp3) is 0.391. The van der Waals surface area contributed by atoms with Gasteiger partial charge in [0.15, 0.2) is 11.3 Å². The molecule has 3 aromatic heterocycles. The maximum Gasteiger partial charge on any atom is 0.226 e. The number of fused-ring (bicyclic) bond motifs is 3. The summed E-state index contributed by atoms with van der Waals surface area (Å²) in [6.07, 6.45) is 1.10. The normalized spacial score (nSPS) is 15.6. The van der Waals surface area contributed by atoms with Crippen molar-refractivity contribution < 1.29 is 9.50 Å². The van der Waals surface area contributed by atoms with Gasteiger partial charge in [0.05, 0.1) is 29.9 Å². The molecule has 1 fully saturated rings. The minimum atomic E-state index is -0.627. The van der Waals surface area contributed by atoms with Gasteiger partial charge >= 0.3 is 0 Å². The van der Waals surface area contributed by atoms with E-state index in [1.54, 1.807) is 32.2 Å². The molecule has 4 heterocycles. The lowest BCUT2D eigenvalue weighted by molar-refractivity contribution is 0.199. The summed E-state index contributed by atoms with van der Waals surface area (Å²) in [6, 6.07) is 4.79. The third-order valence-electron chi connectivity index (χ3n) is 6.13. The molecule has 0 spiro atoms. The molecule has 34 heavy (non-hydrogen) atoms. The number of aliphatic hydroxyl groups excluding tert-OH is 1. The van der Waals surface area contributed by atoms with E-state index in [9.17, 15) is 9.50 Å². The molecule has 10 nitrogen and oxygen atoms in total. The third kappa shape index (κ3) is 4.02. The number of hydrogen-bond acceptors (Lipinski definition) is 8. The van der Waals surface area contributed by atoms with Gasteiger partial charge in [-0.2, -0.15) is 19.6 Å². The Morgan fingerprint density at radius 1 is 1.15 bits per heavy atom. The van der Waals surface area contributed by atoms with Crippen LogP contribution in [0.25, 0.3) is 16.7 Å². The van der Waals surface area contributed by atoms with Gasteiger partial charge in [-0.25, -0.2) is 9.07 Å². The monoisotopic (exact) mass is 463 g/mol. The standard InChI is InChI=1S/C23H26FN9O/c1-3-4-20-27-22-17-14-26-32(21(17)28-23(25)33(22)29-20)12-9-30-7-10-31(11-8-30)19-13-16(15(2)34)5-6-18(19)24/h5-6,13-15,34H,7-12H2,1-2H3,(H2,25,28)/t15-/m0/s1. The number of aliphatic hydroxyl groups is 1. The molecule has 1 atom stereocenters. The molecule has 176 valence electrons. The van der Waals surface area contributed by atoms with E-state index in [2.05, 4.69) is 36.9 Å². The molecule has 0 aliphatic carbocycles. The van der Waals surface area contributed by atoms with Crippen molar-refractivity contribution >= 4 is 28.3 Å². The van der Waals surface area contributed by atoms with Gasteiger partial charge in [-0.15, -0.1) is 5.10 Å². The molecular formula is C23H26FN9O. The summed E-state index contributed by atoms with van der Waals surface area (Å²) in [5.41, 5.74) is 8.61. The summed E-state index contributed by atoms with van der Waals surface area (Å²) in [4.78, 5) is 13.3. The fourth-order valence-electron chi connectivity index (χ4n) is 4.27. The zero-order chi connectivity index (χ0) is 23.8. The van der Waals surface area contributed by atoms with Gasteiger partial charge in [0.2, 0.25) is 11.8 Å². The lowest BCUT2D eigenvalue weighted by atomic mass is 10.1. The number of rotatable bonds is 5. The van der Waals surface area contributed by atoms with Crippen molar-refractivity contribution in [2.24, 2.45) is 0 Å². The molecular weight excluding hydrogens is 437 g/mol. The number of nitrogen functional groups attached to an aromatic ring is 1. The van der Waals surface area contributed by atoms with Crippen molar-refractivity contribution in [2.75, 3.05) is 43.4 Å². The fourth-order valence-corrected chi connectivity index (χ4v) is 4.27. The lowest BCUT2D eigenvalue weighted by Crippen LogP contribution is -2.47. The van der Waals surface area contributed by atoms with Crippen molar-refractivity contribution in [1.29, 1.82) is 0 Å². The zero-order valence-electron chi connectivity index (χ0n) is 19.1. The molecule has 0 unspecified atom stereocenters. The van der Waals surface area contributed by atoms with E-state index in [-0.39, 0.29) is 11.8 Å². The van der Waals surface area contributed by atoms with Crippen LogP contribution in [0.1, 0.15) is 31.3 Å². The average Bonchev–Trinajstić information content (AvgIpc) is 3.43. The second kappa shape index (κ2) is 8.89. The molecule has 3 N–H and O–H groups in total. The number of nitrogens with two attached hydrogens (primary N) is 1. The molecule has 4 aromatic rings. The average molecular weight is 464 g/mol. The van der Waals surface area contributed by atoms with Crippen LogP contribution in [0.3, 0.4) is 0 Å². The molecule has 1 saturated heterocycles. The highest BCUT2D eigenvalue weighted by molar-refractivity contribution is 5.89. The largest absolute Gasteiger partial charge is 0.389 e. The molecule has 1 aliphatic rings. The van der Waals surface area contributed by atoms with Gasteiger partial charge in [-0.1, -0.05) is 12.0 Å². The van der Waals surface area contributed by atoms with Crippen LogP contribution in [0.5, 0.6) is 0 Å². The van der Waals surface area contributed by atoms with Crippen LogP contribution in [0.15, 0.2) is 24.4 Å². The van der Waals surface area contributed by atoms with E-state index in [1.807, 2.05) is 9.58 Å². The van der Waals surface area contributed by atoms with Crippen molar-refractivity contribution in [3.63, 3.8) is 0 Å². The minimum Gasteiger partial charge on any atom is -0.389 e. The number of piperazine rings is 1. The predicted octanol–water partition coefficient (Wildman–Crippen LogP) is 1.44. The Bertz CT molecular complexity index is 1410. The number of aromatic nitrogens is 6. The summed E-state index contributed by atoms with van der Waals surface area (Å²) in [5.74, 6) is 5.99. The highest BCUT2D eigenvalue weighted by atomic mass is 19.1. The van der Waals surface area contributed by atoms with E-state index in [0.29, 0.717) is 48.0 Å². The van der Waals surface area contributed by atoms with Crippen LogP contribution in [-0.4, -0.2) is 72.1 Å². The van der Waals surface area contributed by atoms with Gasteiger partial charge in [0.25, 0.3) is 0 Å². The highest BCUT2D eigenvalue weighted by Crippen LogP contribution is 2.25. The van der Waals surface area contributed by atoms with Crippen LogP contribution in [-0.2, 0) is 6.54 Å². The molecule has 5 rings (SSSR count). The summed E-state index contributed by atoms with van der Waals surface area (Å²) >= 11 is 0. The van der Waals surface area contributed by atoms with E-state index in [4.69, 9.17) is 5.73 Å². The summed E-state index contributed by atoms with van der Waals surface area (Å²) < 4.78 is 17.7. The maximum absolute atomic E-state index is 14.4. The van der Waals surface area contributed by atoms with Crippen molar-refractivity contribution in [1.82, 2.24) is 34.3 Å². The number of halogens is 1. The Morgan fingerprint density at radius 3 is 2.68 bits per heavy atom. The molecule has 0 bridgehead atoms.